The van der Waals surface area contributed by atoms with Crippen LogP contribution in [0, 0.1) is 0 Å². The van der Waals surface area contributed by atoms with Gasteiger partial charge < -0.3 is 9.64 Å². The normalized spacial score (nSPS) is 25.8. The number of nitrogens with zero attached hydrogens (tertiary/aromatic N) is 1. The Morgan fingerprint density at radius 3 is 2.64 bits per heavy atom. The second-order valence-corrected chi connectivity index (χ2v) is 3.61. The van der Waals surface area contributed by atoms with E-state index in [0.29, 0.717) is 0 Å². The first-order valence-electron chi connectivity index (χ1n) is 4.14. The zero-order valence-corrected chi connectivity index (χ0v) is 7.85. The van der Waals surface area contributed by atoms with Crippen LogP contribution in [-0.2, 0) is 4.74 Å². The third-order valence-corrected chi connectivity index (χ3v) is 2.19. The lowest BCUT2D eigenvalue weighted by molar-refractivity contribution is 0.236. The van der Waals surface area contributed by atoms with Gasteiger partial charge in [-0.3, -0.25) is 0 Å². The minimum Gasteiger partial charge on any atom is -0.477 e. The molecule has 1 saturated heterocycles. The smallest absolute Gasteiger partial charge is 0.185 e. The van der Waals surface area contributed by atoms with Crippen molar-refractivity contribution in [3.63, 3.8) is 0 Å². The second-order valence-electron chi connectivity index (χ2n) is 3.61. The van der Waals surface area contributed by atoms with Gasteiger partial charge in [0.05, 0.1) is 5.54 Å². The van der Waals surface area contributed by atoms with Crippen molar-refractivity contribution in [2.45, 2.75) is 32.7 Å². The summed E-state index contributed by atoms with van der Waals surface area (Å²) < 4.78 is 5.51. The maximum Gasteiger partial charge on any atom is 0.185 e. The van der Waals surface area contributed by atoms with E-state index in [1.54, 1.807) is 0 Å². The summed E-state index contributed by atoms with van der Waals surface area (Å²) in [5.74, 6) is 1.03. The van der Waals surface area contributed by atoms with Crippen LogP contribution in [0.2, 0.25) is 0 Å². The molecule has 1 aliphatic heterocycles. The Hall–Kier alpha value is -0.660. The SMILES string of the molecule is CC/C=C1/OCC(C)(C)N1C. The molecule has 0 N–H and O–H groups in total. The van der Waals surface area contributed by atoms with Crippen molar-refractivity contribution in [3.05, 3.63) is 12.0 Å². The second kappa shape index (κ2) is 2.76. The predicted octanol–water partition coefficient (Wildman–Crippen LogP) is 1.98. The van der Waals surface area contributed by atoms with E-state index in [9.17, 15) is 0 Å². The van der Waals surface area contributed by atoms with Crippen LogP contribution in [0.4, 0.5) is 0 Å². The number of allylic oxidation sites excluding steroid dienone is 1. The van der Waals surface area contributed by atoms with Gasteiger partial charge in [0.15, 0.2) is 5.88 Å². The van der Waals surface area contributed by atoms with E-state index in [4.69, 9.17) is 4.74 Å². The van der Waals surface area contributed by atoms with Gasteiger partial charge >= 0.3 is 0 Å². The lowest BCUT2D eigenvalue weighted by Gasteiger charge is -2.25. The molecule has 1 rings (SSSR count). The average Bonchev–Trinajstić information content (AvgIpc) is 2.17. The lowest BCUT2D eigenvalue weighted by Crippen LogP contribution is -2.36. The first-order valence-corrected chi connectivity index (χ1v) is 4.14. The minimum atomic E-state index is 0.168. The van der Waals surface area contributed by atoms with E-state index in [2.05, 4.69) is 38.8 Å². The zero-order valence-electron chi connectivity index (χ0n) is 7.85. The van der Waals surface area contributed by atoms with Crippen LogP contribution >= 0.6 is 0 Å². The van der Waals surface area contributed by atoms with Gasteiger partial charge in [0.1, 0.15) is 6.61 Å². The highest BCUT2D eigenvalue weighted by Crippen LogP contribution is 2.27. The van der Waals surface area contributed by atoms with Crippen molar-refractivity contribution in [2.75, 3.05) is 13.7 Å². The maximum absolute atomic E-state index is 5.51. The van der Waals surface area contributed by atoms with Gasteiger partial charge in [-0.1, -0.05) is 6.92 Å². The van der Waals surface area contributed by atoms with Gasteiger partial charge in [-0.05, 0) is 26.3 Å². The highest BCUT2D eigenvalue weighted by atomic mass is 16.5. The van der Waals surface area contributed by atoms with Crippen molar-refractivity contribution in [1.29, 1.82) is 0 Å². The van der Waals surface area contributed by atoms with E-state index >= 15 is 0 Å². The standard InChI is InChI=1S/C9H17NO/c1-5-6-8-10(4)9(2,3)7-11-8/h6H,5,7H2,1-4H3/b8-6+. The third-order valence-electron chi connectivity index (χ3n) is 2.19. The molecule has 0 radical (unpaired) electrons. The minimum absolute atomic E-state index is 0.168. The van der Waals surface area contributed by atoms with Crippen molar-refractivity contribution >= 4 is 0 Å². The summed E-state index contributed by atoms with van der Waals surface area (Å²) in [5, 5.41) is 0. The summed E-state index contributed by atoms with van der Waals surface area (Å²) in [7, 11) is 2.08. The largest absolute Gasteiger partial charge is 0.477 e. The van der Waals surface area contributed by atoms with Gasteiger partial charge in [-0.25, -0.2) is 0 Å². The van der Waals surface area contributed by atoms with E-state index in [0.717, 1.165) is 18.9 Å². The molecule has 0 bridgehead atoms. The molecule has 1 fully saturated rings. The Kier molecular flexibility index (Phi) is 2.12. The Labute approximate surface area is 68.8 Å². The molecule has 0 spiro atoms. The summed E-state index contributed by atoms with van der Waals surface area (Å²) >= 11 is 0. The number of likely N-dealkylation sites (N-methyl/N-ethyl adjacent to an activating group) is 1. The van der Waals surface area contributed by atoms with Gasteiger partial charge in [0.2, 0.25) is 0 Å². The third kappa shape index (κ3) is 1.50. The summed E-state index contributed by atoms with van der Waals surface area (Å²) in [6.45, 7) is 7.29. The molecule has 0 aromatic carbocycles. The number of ether oxygens (including phenoxy) is 1. The molecule has 2 nitrogen and oxygen atoms in total. The summed E-state index contributed by atoms with van der Waals surface area (Å²) in [6.07, 6.45) is 3.16. The quantitative estimate of drug-likeness (QED) is 0.574. The van der Waals surface area contributed by atoms with Crippen LogP contribution in [-0.4, -0.2) is 24.1 Å². The molecule has 0 aliphatic carbocycles. The highest BCUT2D eigenvalue weighted by Gasteiger charge is 2.33. The van der Waals surface area contributed by atoms with Crippen molar-refractivity contribution in [2.24, 2.45) is 0 Å². The summed E-state index contributed by atoms with van der Waals surface area (Å²) in [4.78, 5) is 2.19. The molecule has 0 atom stereocenters. The maximum atomic E-state index is 5.51. The molecule has 0 amide bonds. The predicted molar refractivity (Wildman–Crippen MR) is 46.2 cm³/mol. The van der Waals surface area contributed by atoms with Crippen LogP contribution in [0.3, 0.4) is 0 Å². The first-order chi connectivity index (χ1) is 5.08. The zero-order chi connectivity index (χ0) is 8.48. The van der Waals surface area contributed by atoms with E-state index in [1.165, 1.54) is 0 Å². The number of hydrogen-bond acceptors (Lipinski definition) is 2. The van der Waals surface area contributed by atoms with E-state index in [1.807, 2.05) is 0 Å². The van der Waals surface area contributed by atoms with Crippen LogP contribution in [0.25, 0.3) is 0 Å². The Balaban J connectivity index is 2.71. The topological polar surface area (TPSA) is 12.5 Å². The Morgan fingerprint density at radius 1 is 1.64 bits per heavy atom. The van der Waals surface area contributed by atoms with E-state index < -0.39 is 0 Å². The molecule has 0 aromatic heterocycles. The summed E-state index contributed by atoms with van der Waals surface area (Å²) in [5.41, 5.74) is 0.168. The monoisotopic (exact) mass is 155 g/mol. The molecule has 0 aromatic rings. The lowest BCUT2D eigenvalue weighted by atomic mass is 10.1. The molecular weight excluding hydrogens is 138 g/mol. The number of rotatable bonds is 1. The highest BCUT2D eigenvalue weighted by molar-refractivity contribution is 5.03. The number of hydrogen-bond donors (Lipinski definition) is 0. The molecule has 0 unspecified atom stereocenters. The van der Waals surface area contributed by atoms with Crippen LogP contribution in [0.5, 0.6) is 0 Å². The van der Waals surface area contributed by atoms with E-state index in [-0.39, 0.29) is 5.54 Å². The first kappa shape index (κ1) is 8.44. The summed E-state index contributed by atoms with van der Waals surface area (Å²) in [6, 6.07) is 0. The van der Waals surface area contributed by atoms with Gasteiger partial charge in [-0.15, -0.1) is 0 Å². The molecule has 1 aliphatic rings. The van der Waals surface area contributed by atoms with Gasteiger partial charge in [0.25, 0.3) is 0 Å². The van der Waals surface area contributed by atoms with Crippen molar-refractivity contribution in [1.82, 2.24) is 4.90 Å². The Morgan fingerprint density at radius 2 is 2.27 bits per heavy atom. The molecule has 0 saturated carbocycles. The molecule has 11 heavy (non-hydrogen) atoms. The van der Waals surface area contributed by atoms with Crippen LogP contribution in [0.1, 0.15) is 27.2 Å². The molecule has 1 heterocycles. The fourth-order valence-electron chi connectivity index (χ4n) is 1.11. The average molecular weight is 155 g/mol. The van der Waals surface area contributed by atoms with Crippen LogP contribution in [0.15, 0.2) is 12.0 Å². The molecular formula is C9H17NO. The fraction of sp³-hybridized carbons (Fsp3) is 0.778. The molecule has 2 heteroatoms. The van der Waals surface area contributed by atoms with Crippen LogP contribution < -0.4 is 0 Å². The van der Waals surface area contributed by atoms with Gasteiger partial charge in [-0.2, -0.15) is 0 Å². The molecule has 64 valence electrons. The van der Waals surface area contributed by atoms with Gasteiger partial charge in [0, 0.05) is 7.05 Å². The Bertz CT molecular complexity index is 172. The fourth-order valence-corrected chi connectivity index (χ4v) is 1.11. The van der Waals surface area contributed by atoms with Crippen molar-refractivity contribution < 1.29 is 4.74 Å². The van der Waals surface area contributed by atoms with Crippen molar-refractivity contribution in [3.8, 4) is 0 Å².